The fourth-order valence-corrected chi connectivity index (χ4v) is 1.07. The highest BCUT2D eigenvalue weighted by Crippen LogP contribution is 2.24. The van der Waals surface area contributed by atoms with Crippen molar-refractivity contribution in [1.82, 2.24) is 0 Å². The number of aromatic hydroxyl groups is 1. The van der Waals surface area contributed by atoms with Crippen LogP contribution in [0.4, 0.5) is 0 Å². The lowest BCUT2D eigenvalue weighted by Gasteiger charge is -2.05. The number of carboxylic acid groups (broad SMARTS) is 1. The van der Waals surface area contributed by atoms with Crippen molar-refractivity contribution in [3.8, 4) is 11.5 Å². The van der Waals surface area contributed by atoms with Gasteiger partial charge in [0.2, 0.25) is 0 Å². The van der Waals surface area contributed by atoms with Crippen LogP contribution >= 0.6 is 0 Å². The Bertz CT molecular complexity index is 421. The van der Waals surface area contributed by atoms with Gasteiger partial charge in [0, 0.05) is 17.7 Å². The summed E-state index contributed by atoms with van der Waals surface area (Å²) in [6.45, 7) is 3.85. The van der Waals surface area contributed by atoms with E-state index in [1.807, 2.05) is 0 Å². The number of rotatable bonds is 5. The number of phenols is 1. The molecule has 0 aliphatic rings. The van der Waals surface area contributed by atoms with E-state index in [9.17, 15) is 9.90 Å². The van der Waals surface area contributed by atoms with Gasteiger partial charge in [0.25, 0.3) is 0 Å². The van der Waals surface area contributed by atoms with Crippen molar-refractivity contribution in [2.45, 2.75) is 0 Å². The number of hydrogen-bond donors (Lipinski definition) is 2. The van der Waals surface area contributed by atoms with Gasteiger partial charge in [-0.05, 0) is 18.2 Å². The Morgan fingerprint density at radius 2 is 2.25 bits per heavy atom. The Labute approximate surface area is 93.1 Å². The molecule has 84 valence electrons. The summed E-state index contributed by atoms with van der Waals surface area (Å²) in [5.74, 6) is -0.588. The first-order valence-corrected chi connectivity index (χ1v) is 4.61. The van der Waals surface area contributed by atoms with Crippen LogP contribution in [0.2, 0.25) is 0 Å². The van der Waals surface area contributed by atoms with Crippen LogP contribution < -0.4 is 4.74 Å². The molecule has 1 aromatic carbocycles. The van der Waals surface area contributed by atoms with Gasteiger partial charge in [-0.2, -0.15) is 0 Å². The van der Waals surface area contributed by atoms with Crippen LogP contribution in [0.15, 0.2) is 36.9 Å². The van der Waals surface area contributed by atoms with E-state index in [4.69, 9.17) is 9.84 Å². The molecule has 0 atom stereocenters. The maximum atomic E-state index is 10.3. The number of carbonyl (C=O) groups is 1. The highest BCUT2D eigenvalue weighted by Gasteiger charge is 2.00. The maximum Gasteiger partial charge on any atom is 0.328 e. The van der Waals surface area contributed by atoms with Crippen LogP contribution in [-0.2, 0) is 4.79 Å². The largest absolute Gasteiger partial charge is 0.507 e. The summed E-state index contributed by atoms with van der Waals surface area (Å²) >= 11 is 0. The number of carboxylic acids is 1. The quantitative estimate of drug-likeness (QED) is 0.588. The zero-order valence-electron chi connectivity index (χ0n) is 8.59. The fraction of sp³-hybridized carbons (Fsp3) is 0.0833. The fourth-order valence-electron chi connectivity index (χ4n) is 1.07. The van der Waals surface area contributed by atoms with Gasteiger partial charge < -0.3 is 14.9 Å². The van der Waals surface area contributed by atoms with Crippen LogP contribution in [0.5, 0.6) is 11.5 Å². The summed E-state index contributed by atoms with van der Waals surface area (Å²) < 4.78 is 5.20. The van der Waals surface area contributed by atoms with Crippen LogP contribution in [0.25, 0.3) is 6.08 Å². The number of benzene rings is 1. The zero-order chi connectivity index (χ0) is 12.0. The molecule has 0 unspecified atom stereocenters. The minimum atomic E-state index is -1.06. The molecule has 0 fully saturated rings. The third kappa shape index (κ3) is 3.49. The number of aliphatic carboxylic acids is 1. The standard InChI is InChI=1S/C12H12O4/c1-2-7-16-10-5-3-9(11(13)8-10)4-6-12(14)15/h2-6,8,13H,1,7H2,(H,14,15)/b6-4+. The molecule has 1 aromatic rings. The van der Waals surface area contributed by atoms with Gasteiger partial charge in [-0.15, -0.1) is 0 Å². The SMILES string of the molecule is C=CCOc1ccc(/C=C/C(=O)O)c(O)c1. The Hall–Kier alpha value is -2.23. The first-order valence-electron chi connectivity index (χ1n) is 4.61. The summed E-state index contributed by atoms with van der Waals surface area (Å²) in [6.07, 6.45) is 3.86. The van der Waals surface area contributed by atoms with E-state index in [0.717, 1.165) is 6.08 Å². The molecule has 0 spiro atoms. The Morgan fingerprint density at radius 3 is 2.81 bits per heavy atom. The normalized spacial score (nSPS) is 10.2. The molecule has 16 heavy (non-hydrogen) atoms. The Kier molecular flexibility index (Phi) is 4.15. The van der Waals surface area contributed by atoms with Crippen LogP contribution in [0, 0.1) is 0 Å². The molecule has 0 aliphatic carbocycles. The zero-order valence-corrected chi connectivity index (χ0v) is 8.59. The van der Waals surface area contributed by atoms with Crippen molar-refractivity contribution in [3.63, 3.8) is 0 Å². The number of hydrogen-bond acceptors (Lipinski definition) is 3. The molecule has 0 amide bonds. The van der Waals surface area contributed by atoms with Gasteiger partial charge >= 0.3 is 5.97 Å². The van der Waals surface area contributed by atoms with Crippen molar-refractivity contribution in [1.29, 1.82) is 0 Å². The second-order valence-corrected chi connectivity index (χ2v) is 2.99. The Balaban J connectivity index is 2.82. The lowest BCUT2D eigenvalue weighted by Crippen LogP contribution is -1.92. The molecule has 0 radical (unpaired) electrons. The summed E-state index contributed by atoms with van der Waals surface area (Å²) in [4.78, 5) is 10.3. The van der Waals surface area contributed by atoms with E-state index in [1.54, 1.807) is 18.2 Å². The van der Waals surface area contributed by atoms with Gasteiger partial charge in [0.15, 0.2) is 0 Å². The molecule has 0 saturated carbocycles. The van der Waals surface area contributed by atoms with E-state index in [-0.39, 0.29) is 5.75 Å². The molecular formula is C12H12O4. The average molecular weight is 220 g/mol. The van der Waals surface area contributed by atoms with Crippen LogP contribution in [0.1, 0.15) is 5.56 Å². The predicted octanol–water partition coefficient (Wildman–Crippen LogP) is 2.05. The molecule has 2 N–H and O–H groups in total. The summed E-state index contributed by atoms with van der Waals surface area (Å²) in [5, 5.41) is 18.0. The van der Waals surface area contributed by atoms with Gasteiger partial charge in [-0.25, -0.2) is 4.79 Å². The summed E-state index contributed by atoms with van der Waals surface area (Å²) in [6, 6.07) is 4.64. The average Bonchev–Trinajstić information content (AvgIpc) is 2.24. The molecule has 0 bridgehead atoms. The summed E-state index contributed by atoms with van der Waals surface area (Å²) in [7, 11) is 0. The minimum absolute atomic E-state index is 0.0286. The monoisotopic (exact) mass is 220 g/mol. The molecule has 0 saturated heterocycles. The van der Waals surface area contributed by atoms with E-state index in [1.165, 1.54) is 12.1 Å². The number of phenolic OH excluding ortho intramolecular Hbond substituents is 1. The van der Waals surface area contributed by atoms with Gasteiger partial charge in [-0.1, -0.05) is 12.7 Å². The van der Waals surface area contributed by atoms with Gasteiger partial charge in [0.05, 0.1) is 0 Å². The second kappa shape index (κ2) is 5.60. The van der Waals surface area contributed by atoms with E-state index >= 15 is 0 Å². The summed E-state index contributed by atoms with van der Waals surface area (Å²) in [5.41, 5.74) is 0.424. The van der Waals surface area contributed by atoms with E-state index < -0.39 is 5.97 Å². The molecule has 0 aliphatic heterocycles. The van der Waals surface area contributed by atoms with Gasteiger partial charge in [0.1, 0.15) is 18.1 Å². The second-order valence-electron chi connectivity index (χ2n) is 2.99. The minimum Gasteiger partial charge on any atom is -0.507 e. The van der Waals surface area contributed by atoms with Crippen molar-refractivity contribution < 1.29 is 19.7 Å². The van der Waals surface area contributed by atoms with E-state index in [0.29, 0.717) is 17.9 Å². The van der Waals surface area contributed by atoms with Crippen molar-refractivity contribution >= 4 is 12.0 Å². The maximum absolute atomic E-state index is 10.3. The van der Waals surface area contributed by atoms with Crippen LogP contribution in [0.3, 0.4) is 0 Å². The third-order valence-corrected chi connectivity index (χ3v) is 1.78. The highest BCUT2D eigenvalue weighted by atomic mass is 16.5. The lowest BCUT2D eigenvalue weighted by molar-refractivity contribution is -0.131. The van der Waals surface area contributed by atoms with Gasteiger partial charge in [-0.3, -0.25) is 0 Å². The molecule has 0 aromatic heterocycles. The number of ether oxygens (including phenoxy) is 1. The topological polar surface area (TPSA) is 66.8 Å². The predicted molar refractivity (Wildman–Crippen MR) is 60.5 cm³/mol. The van der Waals surface area contributed by atoms with E-state index in [2.05, 4.69) is 6.58 Å². The van der Waals surface area contributed by atoms with Crippen LogP contribution in [-0.4, -0.2) is 22.8 Å². The molecule has 0 heterocycles. The third-order valence-electron chi connectivity index (χ3n) is 1.78. The lowest BCUT2D eigenvalue weighted by atomic mass is 10.2. The van der Waals surface area contributed by atoms with Crippen molar-refractivity contribution in [2.24, 2.45) is 0 Å². The highest BCUT2D eigenvalue weighted by molar-refractivity contribution is 5.85. The van der Waals surface area contributed by atoms with Crippen molar-refractivity contribution in [2.75, 3.05) is 6.61 Å². The smallest absolute Gasteiger partial charge is 0.328 e. The first-order chi connectivity index (χ1) is 7.63. The van der Waals surface area contributed by atoms with Crippen molar-refractivity contribution in [3.05, 3.63) is 42.5 Å². The molecule has 4 nitrogen and oxygen atoms in total. The molecule has 4 heteroatoms. The molecule has 1 rings (SSSR count). The Morgan fingerprint density at radius 1 is 1.50 bits per heavy atom. The first kappa shape index (κ1) is 11.8. The molecular weight excluding hydrogens is 208 g/mol.